The van der Waals surface area contributed by atoms with Crippen LogP contribution < -0.4 is 9.47 Å². The number of piperazine rings is 1. The Morgan fingerprint density at radius 3 is 2.21 bits per heavy atom. The predicted molar refractivity (Wildman–Crippen MR) is 130 cm³/mol. The van der Waals surface area contributed by atoms with Gasteiger partial charge in [0.25, 0.3) is 5.91 Å². The first-order chi connectivity index (χ1) is 16.4. The Kier molecular flexibility index (Phi) is 7.19. The molecule has 7 nitrogen and oxygen atoms in total. The molecule has 1 amide bonds. The van der Waals surface area contributed by atoms with Gasteiger partial charge in [-0.15, -0.1) is 0 Å². The molecule has 3 aromatic carbocycles. The Labute approximate surface area is 200 Å². The van der Waals surface area contributed by atoms with Gasteiger partial charge in [-0.3, -0.25) is 4.79 Å². The number of carbonyl (C=O) groups excluding carboxylic acids is 1. The van der Waals surface area contributed by atoms with Crippen molar-refractivity contribution < 1.29 is 22.7 Å². The lowest BCUT2D eigenvalue weighted by Gasteiger charge is -2.34. The highest BCUT2D eigenvalue weighted by Gasteiger charge is 2.33. The van der Waals surface area contributed by atoms with Gasteiger partial charge in [0.05, 0.1) is 14.2 Å². The molecule has 1 heterocycles. The summed E-state index contributed by atoms with van der Waals surface area (Å²) in [7, 11) is -0.890. The Morgan fingerprint density at radius 2 is 1.53 bits per heavy atom. The summed E-state index contributed by atoms with van der Waals surface area (Å²) in [6.45, 7) is 1.03. The molecule has 4 rings (SSSR count). The van der Waals surface area contributed by atoms with E-state index in [1.54, 1.807) is 17.0 Å². The number of hydrogen-bond acceptors (Lipinski definition) is 5. The zero-order valence-corrected chi connectivity index (χ0v) is 20.1. The molecule has 1 aliphatic rings. The maximum atomic E-state index is 13.3. The summed E-state index contributed by atoms with van der Waals surface area (Å²) < 4.78 is 38.5. The summed E-state index contributed by atoms with van der Waals surface area (Å²) in [5, 5.41) is 0. The first kappa shape index (κ1) is 23.8. The van der Waals surface area contributed by atoms with E-state index in [9.17, 15) is 13.2 Å². The average Bonchev–Trinajstić information content (AvgIpc) is 2.89. The lowest BCUT2D eigenvalue weighted by molar-refractivity contribution is 0.0697. The zero-order chi connectivity index (χ0) is 24.1. The summed E-state index contributed by atoms with van der Waals surface area (Å²) in [5.41, 5.74) is 2.73. The van der Waals surface area contributed by atoms with Crippen LogP contribution in [0.25, 0.3) is 0 Å². The Balaban J connectivity index is 1.49. The van der Waals surface area contributed by atoms with E-state index >= 15 is 0 Å². The fourth-order valence-electron chi connectivity index (χ4n) is 4.13. The minimum absolute atomic E-state index is 0.0577. The van der Waals surface area contributed by atoms with Gasteiger partial charge in [0.1, 0.15) is 16.4 Å². The van der Waals surface area contributed by atoms with E-state index in [-0.39, 0.29) is 29.6 Å². The van der Waals surface area contributed by atoms with E-state index in [1.807, 2.05) is 54.6 Å². The Morgan fingerprint density at radius 1 is 0.853 bits per heavy atom. The molecule has 1 fully saturated rings. The molecule has 0 atom stereocenters. The smallest absolute Gasteiger partial charge is 0.254 e. The summed E-state index contributed by atoms with van der Waals surface area (Å²) in [6.07, 6.45) is 0.659. The SMILES string of the molecule is COc1ccc(OC)c(S(=O)(=O)N2CCN(C(=O)c3ccccc3Cc3ccccc3)CC2)c1. The molecule has 1 aliphatic heterocycles. The summed E-state index contributed by atoms with van der Waals surface area (Å²) in [5.74, 6) is 0.611. The second-order valence-corrected chi connectivity index (χ2v) is 9.94. The van der Waals surface area contributed by atoms with Gasteiger partial charge in [0.15, 0.2) is 0 Å². The van der Waals surface area contributed by atoms with E-state index in [0.717, 1.165) is 11.1 Å². The number of hydrogen-bond donors (Lipinski definition) is 0. The maximum Gasteiger partial charge on any atom is 0.254 e. The molecule has 8 heteroatoms. The van der Waals surface area contributed by atoms with Crippen molar-refractivity contribution >= 4 is 15.9 Å². The number of nitrogens with zero attached hydrogens (tertiary/aromatic N) is 2. The molecule has 0 N–H and O–H groups in total. The Hall–Kier alpha value is -3.36. The van der Waals surface area contributed by atoms with E-state index in [0.29, 0.717) is 30.8 Å². The van der Waals surface area contributed by atoms with Gasteiger partial charge in [-0.05, 0) is 35.7 Å². The van der Waals surface area contributed by atoms with Gasteiger partial charge in [-0.2, -0.15) is 4.31 Å². The van der Waals surface area contributed by atoms with Crippen molar-refractivity contribution in [1.29, 1.82) is 0 Å². The van der Waals surface area contributed by atoms with E-state index in [2.05, 4.69) is 0 Å². The molecular formula is C26H28N2O5S. The van der Waals surface area contributed by atoms with Gasteiger partial charge in [-0.1, -0.05) is 48.5 Å². The van der Waals surface area contributed by atoms with Crippen molar-refractivity contribution in [1.82, 2.24) is 9.21 Å². The van der Waals surface area contributed by atoms with E-state index in [1.165, 1.54) is 24.6 Å². The van der Waals surface area contributed by atoms with Crippen LogP contribution in [0.2, 0.25) is 0 Å². The molecule has 0 spiro atoms. The number of carbonyl (C=O) groups is 1. The summed E-state index contributed by atoms with van der Waals surface area (Å²) >= 11 is 0. The van der Waals surface area contributed by atoms with Crippen LogP contribution in [0.15, 0.2) is 77.7 Å². The molecule has 0 radical (unpaired) electrons. The fraction of sp³-hybridized carbons (Fsp3) is 0.269. The minimum atomic E-state index is -3.81. The second kappa shape index (κ2) is 10.3. The molecule has 1 saturated heterocycles. The molecule has 0 bridgehead atoms. The third-order valence-electron chi connectivity index (χ3n) is 6.00. The second-order valence-electron chi connectivity index (χ2n) is 8.03. The normalized spacial score (nSPS) is 14.6. The van der Waals surface area contributed by atoms with Crippen molar-refractivity contribution in [2.45, 2.75) is 11.3 Å². The van der Waals surface area contributed by atoms with Crippen LogP contribution in [0.5, 0.6) is 11.5 Å². The third kappa shape index (κ3) is 4.93. The van der Waals surface area contributed by atoms with Crippen LogP contribution >= 0.6 is 0 Å². The van der Waals surface area contributed by atoms with Crippen molar-refractivity contribution in [3.63, 3.8) is 0 Å². The topological polar surface area (TPSA) is 76.2 Å². The third-order valence-corrected chi connectivity index (χ3v) is 7.92. The molecule has 0 unspecified atom stereocenters. The van der Waals surface area contributed by atoms with Crippen LogP contribution in [0.1, 0.15) is 21.5 Å². The summed E-state index contributed by atoms with van der Waals surface area (Å²) in [4.78, 5) is 15.1. The number of benzene rings is 3. The maximum absolute atomic E-state index is 13.3. The van der Waals surface area contributed by atoms with Crippen LogP contribution in [0.4, 0.5) is 0 Å². The number of sulfonamides is 1. The molecule has 0 aliphatic carbocycles. The molecule has 34 heavy (non-hydrogen) atoms. The number of methoxy groups -OCH3 is 2. The first-order valence-electron chi connectivity index (χ1n) is 11.1. The summed E-state index contributed by atoms with van der Waals surface area (Å²) in [6, 6.07) is 22.3. The minimum Gasteiger partial charge on any atom is -0.497 e. The highest BCUT2D eigenvalue weighted by Crippen LogP contribution is 2.31. The van der Waals surface area contributed by atoms with E-state index < -0.39 is 10.0 Å². The molecule has 0 saturated carbocycles. The zero-order valence-electron chi connectivity index (χ0n) is 19.3. The van der Waals surface area contributed by atoms with Crippen molar-refractivity contribution in [3.8, 4) is 11.5 Å². The van der Waals surface area contributed by atoms with Gasteiger partial charge in [0, 0.05) is 37.8 Å². The number of ether oxygens (including phenoxy) is 2. The molecule has 3 aromatic rings. The van der Waals surface area contributed by atoms with Crippen LogP contribution in [0, 0.1) is 0 Å². The number of amides is 1. The van der Waals surface area contributed by atoms with E-state index in [4.69, 9.17) is 9.47 Å². The van der Waals surface area contributed by atoms with Gasteiger partial charge >= 0.3 is 0 Å². The van der Waals surface area contributed by atoms with Crippen molar-refractivity contribution in [3.05, 3.63) is 89.5 Å². The van der Waals surface area contributed by atoms with Gasteiger partial charge < -0.3 is 14.4 Å². The molecular weight excluding hydrogens is 452 g/mol. The first-order valence-corrected chi connectivity index (χ1v) is 12.5. The fourth-order valence-corrected chi connectivity index (χ4v) is 5.72. The average molecular weight is 481 g/mol. The highest BCUT2D eigenvalue weighted by molar-refractivity contribution is 7.89. The Bertz CT molecular complexity index is 1250. The standard InChI is InChI=1S/C26H28N2O5S/c1-32-22-12-13-24(33-2)25(19-22)34(30,31)28-16-14-27(15-17-28)26(29)23-11-7-6-10-21(23)18-20-8-4-3-5-9-20/h3-13,19H,14-18H2,1-2H3. The predicted octanol–water partition coefficient (Wildman–Crippen LogP) is 3.44. The largest absolute Gasteiger partial charge is 0.497 e. The number of rotatable bonds is 7. The molecule has 178 valence electrons. The lowest BCUT2D eigenvalue weighted by atomic mass is 9.99. The van der Waals surface area contributed by atoms with Gasteiger partial charge in [-0.25, -0.2) is 8.42 Å². The molecule has 0 aromatic heterocycles. The van der Waals surface area contributed by atoms with Crippen molar-refractivity contribution in [2.24, 2.45) is 0 Å². The highest BCUT2D eigenvalue weighted by atomic mass is 32.2. The quantitative estimate of drug-likeness (QED) is 0.518. The van der Waals surface area contributed by atoms with Crippen LogP contribution in [-0.2, 0) is 16.4 Å². The van der Waals surface area contributed by atoms with Gasteiger partial charge in [0.2, 0.25) is 10.0 Å². The van der Waals surface area contributed by atoms with Crippen LogP contribution in [0.3, 0.4) is 0 Å². The monoisotopic (exact) mass is 480 g/mol. The van der Waals surface area contributed by atoms with Crippen molar-refractivity contribution in [2.75, 3.05) is 40.4 Å². The lowest BCUT2D eigenvalue weighted by Crippen LogP contribution is -2.50. The van der Waals surface area contributed by atoms with Crippen LogP contribution in [-0.4, -0.2) is 63.9 Å².